The lowest BCUT2D eigenvalue weighted by atomic mass is 9.93. The van der Waals surface area contributed by atoms with Crippen LogP contribution in [0.5, 0.6) is 0 Å². The Morgan fingerprint density at radius 3 is 2.81 bits per heavy atom. The molecule has 2 N–H and O–H groups in total. The molecular weight excluding hydrogens is 404 g/mol. The van der Waals surface area contributed by atoms with Gasteiger partial charge in [0.05, 0.1) is 6.10 Å². The van der Waals surface area contributed by atoms with E-state index in [2.05, 4.69) is 51.7 Å². The highest BCUT2D eigenvalue weighted by atomic mass is 16.5. The molecule has 1 aromatic carbocycles. The number of amides is 1. The fraction of sp³-hybridized carbons (Fsp3) is 0.440. The second-order valence-corrected chi connectivity index (χ2v) is 8.86. The molecule has 0 radical (unpaired) electrons. The smallest absolute Gasteiger partial charge is 0.271 e. The standard InChI is InChI=1S/C25H30N4O3/c30-22(16-28-10-7-18-3-1-2-4-20(18)14-28)13-26-25(31)23-17-29-15-21(5-6-24(29)27-23)19-8-11-32-12-9-19/h1-6,15,17,19,22,30H,7-14,16H2,(H,26,31)/t22-/m0/s1. The third kappa shape index (κ3) is 4.70. The molecule has 0 bridgehead atoms. The van der Waals surface area contributed by atoms with Crippen molar-refractivity contribution in [1.82, 2.24) is 19.6 Å². The molecule has 7 heteroatoms. The third-order valence-corrected chi connectivity index (χ3v) is 6.58. The van der Waals surface area contributed by atoms with E-state index in [-0.39, 0.29) is 12.5 Å². The van der Waals surface area contributed by atoms with Gasteiger partial charge in [-0.2, -0.15) is 0 Å². The molecular formula is C25H30N4O3. The van der Waals surface area contributed by atoms with E-state index < -0.39 is 6.10 Å². The first-order chi connectivity index (χ1) is 15.7. The van der Waals surface area contributed by atoms with E-state index in [4.69, 9.17) is 4.74 Å². The number of imidazole rings is 1. The summed E-state index contributed by atoms with van der Waals surface area (Å²) in [6.07, 6.45) is 6.25. The molecule has 1 saturated heterocycles. The van der Waals surface area contributed by atoms with E-state index >= 15 is 0 Å². The maximum Gasteiger partial charge on any atom is 0.271 e. The number of hydrogen-bond acceptors (Lipinski definition) is 5. The van der Waals surface area contributed by atoms with Gasteiger partial charge in [0.15, 0.2) is 0 Å². The van der Waals surface area contributed by atoms with E-state index in [0.29, 0.717) is 18.2 Å². The van der Waals surface area contributed by atoms with Crippen molar-refractivity contribution in [3.8, 4) is 0 Å². The second kappa shape index (κ2) is 9.40. The van der Waals surface area contributed by atoms with Crippen molar-refractivity contribution < 1.29 is 14.6 Å². The summed E-state index contributed by atoms with van der Waals surface area (Å²) < 4.78 is 7.38. The Balaban J connectivity index is 1.16. The van der Waals surface area contributed by atoms with Crippen molar-refractivity contribution >= 4 is 11.6 Å². The van der Waals surface area contributed by atoms with Crippen molar-refractivity contribution in [3.63, 3.8) is 0 Å². The van der Waals surface area contributed by atoms with Crippen molar-refractivity contribution in [3.05, 3.63) is 71.2 Å². The number of nitrogens with one attached hydrogen (secondary N) is 1. The summed E-state index contributed by atoms with van der Waals surface area (Å²) in [6, 6.07) is 12.5. The Labute approximate surface area is 188 Å². The van der Waals surface area contributed by atoms with Crippen molar-refractivity contribution in [2.75, 3.05) is 32.8 Å². The van der Waals surface area contributed by atoms with Gasteiger partial charge in [-0.3, -0.25) is 9.69 Å². The lowest BCUT2D eigenvalue weighted by Gasteiger charge is -2.30. The highest BCUT2D eigenvalue weighted by Crippen LogP contribution is 2.27. The first-order valence-corrected chi connectivity index (χ1v) is 11.5. The van der Waals surface area contributed by atoms with Crippen LogP contribution in [0, 0.1) is 0 Å². The topological polar surface area (TPSA) is 79.1 Å². The van der Waals surface area contributed by atoms with E-state index in [1.165, 1.54) is 16.7 Å². The molecule has 2 aliphatic heterocycles. The summed E-state index contributed by atoms with van der Waals surface area (Å²) in [5.41, 5.74) is 5.08. The van der Waals surface area contributed by atoms with E-state index in [1.807, 2.05) is 10.5 Å². The molecule has 7 nitrogen and oxygen atoms in total. The third-order valence-electron chi connectivity index (χ3n) is 6.58. The number of carbonyl (C=O) groups excluding carboxylic acids is 1. The van der Waals surface area contributed by atoms with Crippen LogP contribution >= 0.6 is 0 Å². The number of pyridine rings is 1. The minimum atomic E-state index is -0.624. The maximum absolute atomic E-state index is 12.6. The van der Waals surface area contributed by atoms with Crippen LogP contribution < -0.4 is 5.32 Å². The van der Waals surface area contributed by atoms with Gasteiger partial charge in [0.1, 0.15) is 11.3 Å². The number of benzene rings is 1. The zero-order chi connectivity index (χ0) is 21.9. The molecule has 5 rings (SSSR count). The molecule has 168 valence electrons. The Bertz CT molecular complexity index is 1090. The summed E-state index contributed by atoms with van der Waals surface area (Å²) in [6.45, 7) is 4.10. The van der Waals surface area contributed by atoms with Crippen molar-refractivity contribution in [1.29, 1.82) is 0 Å². The number of aliphatic hydroxyl groups is 1. The lowest BCUT2D eigenvalue weighted by molar-refractivity contribution is 0.0838. The summed E-state index contributed by atoms with van der Waals surface area (Å²) in [5, 5.41) is 13.3. The highest BCUT2D eigenvalue weighted by Gasteiger charge is 2.20. The minimum Gasteiger partial charge on any atom is -0.390 e. The van der Waals surface area contributed by atoms with Gasteiger partial charge in [0.25, 0.3) is 5.91 Å². The second-order valence-electron chi connectivity index (χ2n) is 8.86. The number of nitrogens with zero attached hydrogens (tertiary/aromatic N) is 3. The van der Waals surface area contributed by atoms with E-state index in [1.54, 1.807) is 6.20 Å². The van der Waals surface area contributed by atoms with Crippen LogP contribution in [0.4, 0.5) is 0 Å². The molecule has 32 heavy (non-hydrogen) atoms. The van der Waals surface area contributed by atoms with Crippen LogP contribution in [0.1, 0.15) is 45.9 Å². The predicted molar refractivity (Wildman–Crippen MR) is 122 cm³/mol. The number of rotatable bonds is 6. The number of aromatic nitrogens is 2. The number of hydrogen-bond donors (Lipinski definition) is 2. The fourth-order valence-corrected chi connectivity index (χ4v) is 4.76. The Morgan fingerprint density at radius 2 is 1.97 bits per heavy atom. The largest absolute Gasteiger partial charge is 0.390 e. The van der Waals surface area contributed by atoms with Crippen molar-refractivity contribution in [2.45, 2.75) is 37.8 Å². The molecule has 0 unspecified atom stereocenters. The van der Waals surface area contributed by atoms with Crippen LogP contribution in [0.15, 0.2) is 48.8 Å². The zero-order valence-corrected chi connectivity index (χ0v) is 18.2. The van der Waals surface area contributed by atoms with Gasteiger partial charge in [0, 0.05) is 51.8 Å². The molecule has 2 aromatic heterocycles. The monoisotopic (exact) mass is 434 g/mol. The molecule has 1 atom stereocenters. The lowest BCUT2D eigenvalue weighted by Crippen LogP contribution is -2.42. The first-order valence-electron chi connectivity index (χ1n) is 11.5. The number of ether oxygens (including phenoxy) is 1. The van der Waals surface area contributed by atoms with Gasteiger partial charge >= 0.3 is 0 Å². The summed E-state index contributed by atoms with van der Waals surface area (Å²) in [4.78, 5) is 19.3. The zero-order valence-electron chi connectivity index (χ0n) is 18.2. The Kier molecular flexibility index (Phi) is 6.21. The van der Waals surface area contributed by atoms with Crippen LogP contribution in [0.25, 0.3) is 5.65 Å². The van der Waals surface area contributed by atoms with Crippen molar-refractivity contribution in [2.24, 2.45) is 0 Å². The van der Waals surface area contributed by atoms with Crippen LogP contribution in [-0.2, 0) is 17.7 Å². The van der Waals surface area contributed by atoms with Crippen LogP contribution in [0.2, 0.25) is 0 Å². The van der Waals surface area contributed by atoms with E-state index in [9.17, 15) is 9.90 Å². The Hall–Kier alpha value is -2.74. The summed E-state index contributed by atoms with van der Waals surface area (Å²) in [5.74, 6) is 0.231. The molecule has 1 amide bonds. The average Bonchev–Trinajstić information content (AvgIpc) is 3.27. The molecule has 2 aliphatic rings. The fourth-order valence-electron chi connectivity index (χ4n) is 4.76. The summed E-state index contributed by atoms with van der Waals surface area (Å²) in [7, 11) is 0. The van der Waals surface area contributed by atoms with Gasteiger partial charge < -0.3 is 19.6 Å². The number of fused-ring (bicyclic) bond motifs is 2. The van der Waals surface area contributed by atoms with Gasteiger partial charge in [0.2, 0.25) is 0 Å². The molecule has 0 saturated carbocycles. The number of β-amino-alcohol motifs (C(OH)–C–C–N with tert-alkyl or cyclic N) is 1. The molecule has 3 aromatic rings. The number of carbonyl (C=O) groups is 1. The molecule has 4 heterocycles. The molecule has 0 spiro atoms. The SMILES string of the molecule is O=C(NC[C@H](O)CN1CCc2ccccc2C1)c1cn2cc(C3CCOCC3)ccc2n1. The van der Waals surface area contributed by atoms with Gasteiger partial charge in [-0.1, -0.05) is 30.3 Å². The maximum atomic E-state index is 12.6. The first kappa shape index (κ1) is 21.1. The normalized spacial score (nSPS) is 18.4. The predicted octanol–water partition coefficient (Wildman–Crippen LogP) is 2.38. The van der Waals surface area contributed by atoms with Crippen LogP contribution in [-0.4, -0.2) is 64.3 Å². The van der Waals surface area contributed by atoms with Gasteiger partial charge in [-0.05, 0) is 47.9 Å². The van der Waals surface area contributed by atoms with E-state index in [0.717, 1.165) is 51.2 Å². The van der Waals surface area contributed by atoms with Gasteiger partial charge in [-0.15, -0.1) is 0 Å². The molecule has 1 fully saturated rings. The van der Waals surface area contributed by atoms with Gasteiger partial charge in [-0.25, -0.2) is 4.98 Å². The van der Waals surface area contributed by atoms with Crippen LogP contribution in [0.3, 0.4) is 0 Å². The quantitative estimate of drug-likeness (QED) is 0.623. The highest BCUT2D eigenvalue weighted by molar-refractivity contribution is 5.92. The molecule has 0 aliphatic carbocycles. The average molecular weight is 435 g/mol. The number of aliphatic hydroxyl groups excluding tert-OH is 1. The minimum absolute atomic E-state index is 0.207. The Morgan fingerprint density at radius 1 is 1.16 bits per heavy atom. The summed E-state index contributed by atoms with van der Waals surface area (Å²) >= 11 is 0.